The Morgan fingerprint density at radius 2 is 2.22 bits per heavy atom. The average molecular weight is 247 g/mol. The maximum atomic E-state index is 5.77. The van der Waals surface area contributed by atoms with Gasteiger partial charge in [-0.05, 0) is 57.4 Å². The van der Waals surface area contributed by atoms with E-state index in [0.717, 1.165) is 25.2 Å². The van der Waals surface area contributed by atoms with Crippen molar-refractivity contribution >= 4 is 0 Å². The van der Waals surface area contributed by atoms with Crippen molar-refractivity contribution in [2.45, 2.75) is 38.6 Å². The second kappa shape index (κ2) is 8.76. The molecule has 0 aromatic heterocycles. The zero-order chi connectivity index (χ0) is 13.2. The third-order valence-corrected chi connectivity index (χ3v) is 3.09. The molecule has 0 saturated carbocycles. The number of hydrogen-bond donors (Lipinski definition) is 1. The molecular formula is C16H25NO. The van der Waals surface area contributed by atoms with Crippen molar-refractivity contribution in [3.63, 3.8) is 0 Å². The summed E-state index contributed by atoms with van der Waals surface area (Å²) in [4.78, 5) is 0. The van der Waals surface area contributed by atoms with Crippen molar-refractivity contribution in [3.05, 3.63) is 42.5 Å². The predicted molar refractivity (Wildman–Crippen MR) is 78.2 cm³/mol. The van der Waals surface area contributed by atoms with Crippen LogP contribution in [0, 0.1) is 6.92 Å². The van der Waals surface area contributed by atoms with E-state index in [1.54, 1.807) is 0 Å². The van der Waals surface area contributed by atoms with Gasteiger partial charge in [0, 0.05) is 6.04 Å². The first kappa shape index (κ1) is 14.8. The SMILES string of the molecule is C=CCCCC(CCOc1cccc(C)c1)NC. The monoisotopic (exact) mass is 247 g/mol. The summed E-state index contributed by atoms with van der Waals surface area (Å²) in [5, 5.41) is 3.34. The fourth-order valence-electron chi connectivity index (χ4n) is 1.97. The summed E-state index contributed by atoms with van der Waals surface area (Å²) in [7, 11) is 2.02. The van der Waals surface area contributed by atoms with E-state index in [4.69, 9.17) is 4.74 Å². The Kier molecular flexibility index (Phi) is 7.19. The average Bonchev–Trinajstić information content (AvgIpc) is 2.37. The third-order valence-electron chi connectivity index (χ3n) is 3.09. The molecule has 0 bridgehead atoms. The van der Waals surface area contributed by atoms with E-state index in [2.05, 4.69) is 31.0 Å². The molecule has 1 N–H and O–H groups in total. The molecule has 0 aliphatic heterocycles. The molecule has 1 aromatic carbocycles. The molecule has 0 heterocycles. The van der Waals surface area contributed by atoms with E-state index in [9.17, 15) is 0 Å². The summed E-state index contributed by atoms with van der Waals surface area (Å²) in [5.41, 5.74) is 1.24. The Morgan fingerprint density at radius 3 is 2.89 bits per heavy atom. The summed E-state index contributed by atoms with van der Waals surface area (Å²) in [6.45, 7) is 6.60. The van der Waals surface area contributed by atoms with Crippen molar-refractivity contribution in [2.24, 2.45) is 0 Å². The number of allylic oxidation sites excluding steroid dienone is 1. The van der Waals surface area contributed by atoms with Crippen LogP contribution in [-0.4, -0.2) is 19.7 Å². The number of benzene rings is 1. The molecule has 0 radical (unpaired) electrons. The highest BCUT2D eigenvalue weighted by atomic mass is 16.5. The number of ether oxygens (including phenoxy) is 1. The van der Waals surface area contributed by atoms with Gasteiger partial charge < -0.3 is 10.1 Å². The Morgan fingerprint density at radius 1 is 1.39 bits per heavy atom. The molecule has 100 valence electrons. The van der Waals surface area contributed by atoms with Crippen molar-refractivity contribution < 1.29 is 4.74 Å². The molecule has 2 nitrogen and oxygen atoms in total. The molecule has 0 saturated heterocycles. The van der Waals surface area contributed by atoms with Gasteiger partial charge >= 0.3 is 0 Å². The van der Waals surface area contributed by atoms with Crippen molar-refractivity contribution in [1.29, 1.82) is 0 Å². The first-order chi connectivity index (χ1) is 8.76. The lowest BCUT2D eigenvalue weighted by molar-refractivity contribution is 0.283. The van der Waals surface area contributed by atoms with Gasteiger partial charge in [-0.25, -0.2) is 0 Å². The van der Waals surface area contributed by atoms with Gasteiger partial charge in [-0.2, -0.15) is 0 Å². The molecule has 0 fully saturated rings. The summed E-state index contributed by atoms with van der Waals surface area (Å²) < 4.78 is 5.77. The van der Waals surface area contributed by atoms with E-state index in [-0.39, 0.29) is 0 Å². The highest BCUT2D eigenvalue weighted by Gasteiger charge is 2.05. The summed E-state index contributed by atoms with van der Waals surface area (Å²) >= 11 is 0. The normalized spacial score (nSPS) is 12.1. The minimum atomic E-state index is 0.537. The van der Waals surface area contributed by atoms with Crippen LogP contribution in [0.4, 0.5) is 0 Å². The Labute approximate surface area is 111 Å². The molecule has 0 spiro atoms. The molecule has 1 rings (SSSR count). The Bertz CT molecular complexity index is 349. The minimum Gasteiger partial charge on any atom is -0.494 e. The lowest BCUT2D eigenvalue weighted by Crippen LogP contribution is -2.27. The van der Waals surface area contributed by atoms with Crippen LogP contribution in [0.2, 0.25) is 0 Å². The Balaban J connectivity index is 2.24. The van der Waals surface area contributed by atoms with E-state index in [0.29, 0.717) is 6.04 Å². The molecule has 2 heteroatoms. The first-order valence-electron chi connectivity index (χ1n) is 6.74. The topological polar surface area (TPSA) is 21.3 Å². The molecule has 0 amide bonds. The molecule has 0 aliphatic rings. The molecule has 18 heavy (non-hydrogen) atoms. The minimum absolute atomic E-state index is 0.537. The maximum absolute atomic E-state index is 5.77. The largest absolute Gasteiger partial charge is 0.494 e. The zero-order valence-electron chi connectivity index (χ0n) is 11.6. The van der Waals surface area contributed by atoms with Gasteiger partial charge in [0.25, 0.3) is 0 Å². The summed E-state index contributed by atoms with van der Waals surface area (Å²) in [6, 6.07) is 8.74. The van der Waals surface area contributed by atoms with Gasteiger partial charge in [-0.3, -0.25) is 0 Å². The van der Waals surface area contributed by atoms with E-state index < -0.39 is 0 Å². The predicted octanol–water partition coefficient (Wildman–Crippen LogP) is 3.71. The lowest BCUT2D eigenvalue weighted by Gasteiger charge is -2.16. The molecule has 1 aromatic rings. The quantitative estimate of drug-likeness (QED) is 0.530. The van der Waals surface area contributed by atoms with E-state index in [1.807, 2.05) is 25.3 Å². The second-order valence-corrected chi connectivity index (χ2v) is 4.66. The van der Waals surface area contributed by atoms with E-state index in [1.165, 1.54) is 18.4 Å². The van der Waals surface area contributed by atoms with Crippen LogP contribution in [0.1, 0.15) is 31.2 Å². The van der Waals surface area contributed by atoms with Crippen LogP contribution >= 0.6 is 0 Å². The summed E-state index contributed by atoms with van der Waals surface area (Å²) in [6.07, 6.45) is 6.49. The smallest absolute Gasteiger partial charge is 0.119 e. The van der Waals surface area contributed by atoms with Gasteiger partial charge in [-0.1, -0.05) is 18.2 Å². The maximum Gasteiger partial charge on any atom is 0.119 e. The van der Waals surface area contributed by atoms with Crippen LogP contribution in [0.15, 0.2) is 36.9 Å². The number of rotatable bonds is 9. The lowest BCUT2D eigenvalue weighted by atomic mass is 10.1. The van der Waals surface area contributed by atoms with Crippen LogP contribution in [0.25, 0.3) is 0 Å². The van der Waals surface area contributed by atoms with E-state index >= 15 is 0 Å². The van der Waals surface area contributed by atoms with Gasteiger partial charge in [-0.15, -0.1) is 6.58 Å². The number of nitrogens with one attached hydrogen (secondary N) is 1. The molecule has 1 unspecified atom stereocenters. The fraction of sp³-hybridized carbons (Fsp3) is 0.500. The number of aryl methyl sites for hydroxylation is 1. The van der Waals surface area contributed by atoms with Gasteiger partial charge in [0.1, 0.15) is 5.75 Å². The van der Waals surface area contributed by atoms with Crippen LogP contribution in [0.3, 0.4) is 0 Å². The van der Waals surface area contributed by atoms with Gasteiger partial charge in [0.2, 0.25) is 0 Å². The zero-order valence-corrected chi connectivity index (χ0v) is 11.6. The van der Waals surface area contributed by atoms with Crippen LogP contribution in [-0.2, 0) is 0 Å². The van der Waals surface area contributed by atoms with Crippen molar-refractivity contribution in [3.8, 4) is 5.75 Å². The summed E-state index contributed by atoms with van der Waals surface area (Å²) in [5.74, 6) is 0.968. The van der Waals surface area contributed by atoms with Crippen LogP contribution < -0.4 is 10.1 Å². The van der Waals surface area contributed by atoms with Gasteiger partial charge in [0.05, 0.1) is 6.61 Å². The van der Waals surface area contributed by atoms with Crippen molar-refractivity contribution in [2.75, 3.05) is 13.7 Å². The molecule has 0 aliphatic carbocycles. The van der Waals surface area contributed by atoms with Crippen LogP contribution in [0.5, 0.6) is 5.75 Å². The van der Waals surface area contributed by atoms with Gasteiger partial charge in [0.15, 0.2) is 0 Å². The number of unbranched alkanes of at least 4 members (excludes halogenated alkanes) is 1. The van der Waals surface area contributed by atoms with Crippen molar-refractivity contribution in [1.82, 2.24) is 5.32 Å². The first-order valence-corrected chi connectivity index (χ1v) is 6.74. The Hall–Kier alpha value is -1.28. The standard InChI is InChI=1S/C16H25NO/c1-4-5-6-9-15(17-3)11-12-18-16-10-7-8-14(2)13-16/h4,7-8,10,13,15,17H,1,5-6,9,11-12H2,2-3H3. The fourth-order valence-corrected chi connectivity index (χ4v) is 1.97. The highest BCUT2D eigenvalue weighted by molar-refractivity contribution is 5.27. The second-order valence-electron chi connectivity index (χ2n) is 4.66. The molecular weight excluding hydrogens is 222 g/mol. The molecule has 1 atom stereocenters. The highest BCUT2D eigenvalue weighted by Crippen LogP contribution is 2.13. The third kappa shape index (κ3) is 5.87. The number of hydrogen-bond acceptors (Lipinski definition) is 2.